The number of hydrogen-bond donors (Lipinski definition) is 2. The predicted octanol–water partition coefficient (Wildman–Crippen LogP) is 4.42. The van der Waals surface area contributed by atoms with Crippen LogP contribution in [-0.2, 0) is 0 Å². The molecule has 0 saturated heterocycles. The van der Waals surface area contributed by atoms with E-state index in [2.05, 4.69) is 28.2 Å². The summed E-state index contributed by atoms with van der Waals surface area (Å²) in [7, 11) is 0. The molecular weight excluding hydrogens is 312 g/mol. The number of anilines is 1. The molecule has 100 valence electrons. The van der Waals surface area contributed by atoms with Crippen LogP contribution in [-0.4, -0.2) is 12.1 Å². The average molecular weight is 332 g/mol. The number of rotatable bonds is 3. The lowest BCUT2D eigenvalue weighted by atomic mass is 9.77. The van der Waals surface area contributed by atoms with Crippen LogP contribution >= 0.6 is 27.5 Å². The normalized spacial score (nSPS) is 28.1. The van der Waals surface area contributed by atoms with Crippen molar-refractivity contribution in [3.05, 3.63) is 27.7 Å². The first-order valence-electron chi connectivity index (χ1n) is 6.48. The summed E-state index contributed by atoms with van der Waals surface area (Å²) in [6, 6.07) is 5.98. The van der Waals surface area contributed by atoms with Crippen molar-refractivity contribution < 1.29 is 0 Å². The number of nitrogens with two attached hydrogens (primary N) is 1. The second-order valence-electron chi connectivity index (χ2n) is 5.42. The molecule has 1 aliphatic rings. The molecule has 1 fully saturated rings. The van der Waals surface area contributed by atoms with Crippen molar-refractivity contribution in [2.75, 3.05) is 11.9 Å². The monoisotopic (exact) mass is 330 g/mol. The van der Waals surface area contributed by atoms with Gasteiger partial charge in [-0.3, -0.25) is 0 Å². The average Bonchev–Trinajstić information content (AvgIpc) is 2.37. The van der Waals surface area contributed by atoms with Crippen molar-refractivity contribution in [3.8, 4) is 0 Å². The summed E-state index contributed by atoms with van der Waals surface area (Å²) < 4.78 is 0.925. The zero-order chi connectivity index (χ0) is 13.2. The van der Waals surface area contributed by atoms with E-state index in [0.29, 0.717) is 6.54 Å². The van der Waals surface area contributed by atoms with Crippen LogP contribution in [0.4, 0.5) is 5.69 Å². The number of hydrogen-bond acceptors (Lipinski definition) is 2. The van der Waals surface area contributed by atoms with Gasteiger partial charge in [-0.05, 0) is 65.7 Å². The van der Waals surface area contributed by atoms with Gasteiger partial charge in [0.05, 0.1) is 5.02 Å². The highest BCUT2D eigenvalue weighted by atomic mass is 79.9. The van der Waals surface area contributed by atoms with Crippen LogP contribution in [0.2, 0.25) is 5.02 Å². The third-order valence-electron chi connectivity index (χ3n) is 3.95. The Bertz CT molecular complexity index is 414. The summed E-state index contributed by atoms with van der Waals surface area (Å²) in [6.45, 7) is 2.99. The quantitative estimate of drug-likeness (QED) is 0.860. The molecule has 3 N–H and O–H groups in total. The molecular formula is C14H20BrClN2. The summed E-state index contributed by atoms with van der Waals surface area (Å²) in [6.07, 6.45) is 4.76. The number of nitrogens with one attached hydrogen (secondary N) is 1. The minimum atomic E-state index is 0.0453. The van der Waals surface area contributed by atoms with E-state index in [9.17, 15) is 0 Å². The Balaban J connectivity index is 2.12. The van der Waals surface area contributed by atoms with Crippen LogP contribution in [0, 0.1) is 5.92 Å². The fraction of sp³-hybridized carbons (Fsp3) is 0.571. The van der Waals surface area contributed by atoms with Gasteiger partial charge in [0.2, 0.25) is 0 Å². The lowest BCUT2D eigenvalue weighted by Gasteiger charge is -2.40. The molecule has 0 aliphatic heterocycles. The molecule has 1 aromatic rings. The van der Waals surface area contributed by atoms with Crippen molar-refractivity contribution in [2.24, 2.45) is 11.7 Å². The van der Waals surface area contributed by atoms with E-state index < -0.39 is 0 Å². The standard InChI is InChI=1S/C14H20BrClN2/c1-10-4-6-14(9-17,7-5-10)18-11-2-3-12(15)13(16)8-11/h2-3,8,10,18H,4-7,9,17H2,1H3. The molecule has 0 spiro atoms. The lowest BCUT2D eigenvalue weighted by molar-refractivity contribution is 0.272. The van der Waals surface area contributed by atoms with Gasteiger partial charge < -0.3 is 11.1 Å². The van der Waals surface area contributed by atoms with E-state index in [1.807, 2.05) is 18.2 Å². The van der Waals surface area contributed by atoms with Gasteiger partial charge in [-0.15, -0.1) is 0 Å². The van der Waals surface area contributed by atoms with Gasteiger partial charge in [-0.1, -0.05) is 18.5 Å². The largest absolute Gasteiger partial charge is 0.378 e. The molecule has 0 atom stereocenters. The summed E-state index contributed by atoms with van der Waals surface area (Å²) in [4.78, 5) is 0. The number of halogens is 2. The van der Waals surface area contributed by atoms with Gasteiger partial charge in [0, 0.05) is 22.2 Å². The Hall–Kier alpha value is -0.250. The minimum Gasteiger partial charge on any atom is -0.378 e. The predicted molar refractivity (Wildman–Crippen MR) is 82.2 cm³/mol. The Kier molecular flexibility index (Phi) is 4.57. The van der Waals surface area contributed by atoms with Crippen molar-refractivity contribution in [1.82, 2.24) is 0 Å². The highest BCUT2D eigenvalue weighted by Crippen LogP contribution is 2.35. The van der Waals surface area contributed by atoms with Crippen molar-refractivity contribution in [1.29, 1.82) is 0 Å². The molecule has 2 nitrogen and oxygen atoms in total. The van der Waals surface area contributed by atoms with Crippen LogP contribution < -0.4 is 11.1 Å². The third-order valence-corrected chi connectivity index (χ3v) is 5.18. The molecule has 0 radical (unpaired) electrons. The van der Waals surface area contributed by atoms with E-state index >= 15 is 0 Å². The van der Waals surface area contributed by atoms with Gasteiger partial charge in [-0.25, -0.2) is 0 Å². The minimum absolute atomic E-state index is 0.0453. The summed E-state index contributed by atoms with van der Waals surface area (Å²) >= 11 is 9.53. The van der Waals surface area contributed by atoms with Crippen molar-refractivity contribution in [3.63, 3.8) is 0 Å². The van der Waals surface area contributed by atoms with E-state index in [0.717, 1.165) is 33.9 Å². The maximum absolute atomic E-state index is 6.13. The van der Waals surface area contributed by atoms with Crippen LogP contribution in [0.25, 0.3) is 0 Å². The fourth-order valence-corrected chi connectivity index (χ4v) is 3.00. The Morgan fingerprint density at radius 1 is 1.44 bits per heavy atom. The maximum atomic E-state index is 6.13. The highest BCUT2D eigenvalue weighted by molar-refractivity contribution is 9.10. The van der Waals surface area contributed by atoms with Crippen LogP contribution in [0.1, 0.15) is 32.6 Å². The van der Waals surface area contributed by atoms with Gasteiger partial charge >= 0.3 is 0 Å². The van der Waals surface area contributed by atoms with Gasteiger partial charge in [0.1, 0.15) is 0 Å². The van der Waals surface area contributed by atoms with Crippen LogP contribution in [0.5, 0.6) is 0 Å². The van der Waals surface area contributed by atoms with E-state index in [-0.39, 0.29) is 5.54 Å². The Labute approximate surface area is 122 Å². The molecule has 1 aliphatic carbocycles. The molecule has 1 aromatic carbocycles. The first kappa shape index (κ1) is 14.2. The molecule has 0 unspecified atom stereocenters. The zero-order valence-electron chi connectivity index (χ0n) is 10.7. The van der Waals surface area contributed by atoms with E-state index in [1.54, 1.807) is 0 Å². The van der Waals surface area contributed by atoms with Crippen LogP contribution in [0.15, 0.2) is 22.7 Å². The van der Waals surface area contributed by atoms with Crippen molar-refractivity contribution >= 4 is 33.2 Å². The smallest absolute Gasteiger partial charge is 0.0568 e. The Morgan fingerprint density at radius 3 is 2.67 bits per heavy atom. The summed E-state index contributed by atoms with van der Waals surface area (Å²) in [5, 5.41) is 4.34. The molecule has 0 bridgehead atoms. The summed E-state index contributed by atoms with van der Waals surface area (Å²) in [5.41, 5.74) is 7.10. The SMILES string of the molecule is CC1CCC(CN)(Nc2ccc(Br)c(Cl)c2)CC1. The molecule has 4 heteroatoms. The van der Waals surface area contributed by atoms with Gasteiger partial charge in [0.15, 0.2) is 0 Å². The highest BCUT2D eigenvalue weighted by Gasteiger charge is 2.32. The van der Waals surface area contributed by atoms with Gasteiger partial charge in [0.25, 0.3) is 0 Å². The topological polar surface area (TPSA) is 38.0 Å². The fourth-order valence-electron chi connectivity index (χ4n) is 2.57. The third kappa shape index (κ3) is 3.19. The molecule has 0 heterocycles. The van der Waals surface area contributed by atoms with E-state index in [1.165, 1.54) is 12.8 Å². The molecule has 0 amide bonds. The first-order chi connectivity index (χ1) is 8.54. The molecule has 2 rings (SSSR count). The molecule has 0 aromatic heterocycles. The number of benzene rings is 1. The van der Waals surface area contributed by atoms with E-state index in [4.69, 9.17) is 17.3 Å². The Morgan fingerprint density at radius 2 is 2.11 bits per heavy atom. The second-order valence-corrected chi connectivity index (χ2v) is 6.68. The lowest BCUT2D eigenvalue weighted by Crippen LogP contribution is -2.48. The molecule has 18 heavy (non-hydrogen) atoms. The molecule has 1 saturated carbocycles. The summed E-state index contributed by atoms with van der Waals surface area (Å²) in [5.74, 6) is 0.819. The maximum Gasteiger partial charge on any atom is 0.0568 e. The zero-order valence-corrected chi connectivity index (χ0v) is 13.0. The van der Waals surface area contributed by atoms with Gasteiger partial charge in [-0.2, -0.15) is 0 Å². The van der Waals surface area contributed by atoms with Crippen molar-refractivity contribution in [2.45, 2.75) is 38.1 Å². The van der Waals surface area contributed by atoms with Crippen LogP contribution in [0.3, 0.4) is 0 Å². The second kappa shape index (κ2) is 5.81. The first-order valence-corrected chi connectivity index (χ1v) is 7.65.